The number of amides is 1. The molecule has 1 aliphatic rings. The molecule has 9 heteroatoms. The summed E-state index contributed by atoms with van der Waals surface area (Å²) in [5.74, 6) is 0.945. The molecule has 0 radical (unpaired) electrons. The molecular weight excluding hydrogens is 477 g/mol. The third-order valence-electron chi connectivity index (χ3n) is 4.17. The molecule has 154 valence electrons. The first-order valence-corrected chi connectivity index (χ1v) is 10.4. The maximum atomic E-state index is 11.8. The molecule has 1 amide bonds. The van der Waals surface area contributed by atoms with Crippen LogP contribution in [0.1, 0.15) is 37.4 Å². The lowest BCUT2D eigenvalue weighted by Crippen LogP contribution is -2.53. The van der Waals surface area contributed by atoms with Crippen LogP contribution < -0.4 is 5.32 Å². The molecule has 1 saturated heterocycles. The van der Waals surface area contributed by atoms with E-state index in [9.17, 15) is 4.79 Å². The van der Waals surface area contributed by atoms with Crippen LogP contribution in [-0.4, -0.2) is 72.7 Å². The molecule has 0 saturated carbocycles. The summed E-state index contributed by atoms with van der Waals surface area (Å²) in [6.07, 6.45) is 2.97. The molecule has 1 aromatic rings. The van der Waals surface area contributed by atoms with E-state index in [4.69, 9.17) is 9.73 Å². The fourth-order valence-electron chi connectivity index (χ4n) is 2.83. The fraction of sp³-hybridized carbons (Fsp3) is 0.722. The van der Waals surface area contributed by atoms with E-state index in [1.165, 1.54) is 5.01 Å². The van der Waals surface area contributed by atoms with Crippen molar-refractivity contribution in [3.8, 4) is 0 Å². The fourth-order valence-corrected chi connectivity index (χ4v) is 3.65. The Labute approximate surface area is 183 Å². The van der Waals surface area contributed by atoms with Crippen LogP contribution in [0.5, 0.6) is 0 Å². The molecular formula is C18H32IN5O2S. The van der Waals surface area contributed by atoms with Crippen molar-refractivity contribution in [2.75, 3.05) is 45.9 Å². The molecule has 1 fully saturated rings. The van der Waals surface area contributed by atoms with Crippen LogP contribution in [0.25, 0.3) is 0 Å². The highest BCUT2D eigenvalue weighted by molar-refractivity contribution is 14.0. The van der Waals surface area contributed by atoms with Crippen LogP contribution in [0.3, 0.4) is 0 Å². The summed E-state index contributed by atoms with van der Waals surface area (Å²) in [6.45, 7) is 10.9. The van der Waals surface area contributed by atoms with Crippen molar-refractivity contribution in [2.24, 2.45) is 4.99 Å². The van der Waals surface area contributed by atoms with Gasteiger partial charge in [0.1, 0.15) is 0 Å². The van der Waals surface area contributed by atoms with Gasteiger partial charge in [-0.25, -0.2) is 9.78 Å². The summed E-state index contributed by atoms with van der Waals surface area (Å²) in [6, 6.07) is 0. The predicted octanol–water partition coefficient (Wildman–Crippen LogP) is 3.13. The molecule has 1 aliphatic heterocycles. The van der Waals surface area contributed by atoms with Crippen LogP contribution in [0.4, 0.5) is 4.79 Å². The molecule has 2 heterocycles. The molecule has 0 bridgehead atoms. The van der Waals surface area contributed by atoms with Gasteiger partial charge < -0.3 is 19.9 Å². The molecule has 0 aliphatic carbocycles. The molecule has 1 N–H and O–H groups in total. The molecule has 1 aromatic heterocycles. The van der Waals surface area contributed by atoms with Gasteiger partial charge in [0, 0.05) is 50.3 Å². The van der Waals surface area contributed by atoms with E-state index < -0.39 is 0 Å². The van der Waals surface area contributed by atoms with E-state index in [-0.39, 0.29) is 30.1 Å². The van der Waals surface area contributed by atoms with Crippen molar-refractivity contribution in [3.63, 3.8) is 0 Å². The standard InChI is InChI=1S/C18H31N5O2S.HI/c1-4-19-17(20-9-7-6-8-16-21-15(3)14-26-16)22-10-12-23(13-11-22)18(24)25-5-2;/h14H,4-13H2,1-3H3,(H,19,20);1H. The van der Waals surface area contributed by atoms with Gasteiger partial charge in [-0.1, -0.05) is 0 Å². The maximum absolute atomic E-state index is 11.8. The van der Waals surface area contributed by atoms with Crippen LogP contribution >= 0.6 is 35.3 Å². The minimum atomic E-state index is -0.216. The van der Waals surface area contributed by atoms with E-state index in [2.05, 4.69) is 27.5 Å². The van der Waals surface area contributed by atoms with Crippen LogP contribution in [0.2, 0.25) is 0 Å². The van der Waals surface area contributed by atoms with Crippen molar-refractivity contribution in [3.05, 3.63) is 16.1 Å². The van der Waals surface area contributed by atoms with Crippen molar-refractivity contribution in [1.82, 2.24) is 20.1 Å². The summed E-state index contributed by atoms with van der Waals surface area (Å²) >= 11 is 1.74. The van der Waals surface area contributed by atoms with E-state index in [1.807, 2.05) is 13.8 Å². The van der Waals surface area contributed by atoms with E-state index in [0.29, 0.717) is 19.7 Å². The number of guanidine groups is 1. The number of piperazine rings is 1. The largest absolute Gasteiger partial charge is 0.450 e. The SMILES string of the molecule is CCNC(=NCCCCc1nc(C)cs1)N1CCN(C(=O)OCC)CC1.I. The molecule has 0 atom stereocenters. The average Bonchev–Trinajstić information content (AvgIpc) is 3.06. The van der Waals surface area contributed by atoms with Crippen molar-refractivity contribution >= 4 is 47.4 Å². The number of nitrogens with one attached hydrogen (secondary N) is 1. The Morgan fingerprint density at radius 1 is 1.26 bits per heavy atom. The van der Waals surface area contributed by atoms with Gasteiger partial charge in [0.15, 0.2) is 5.96 Å². The number of hydrogen-bond acceptors (Lipinski definition) is 5. The third kappa shape index (κ3) is 8.20. The second-order valence-electron chi connectivity index (χ2n) is 6.25. The lowest BCUT2D eigenvalue weighted by molar-refractivity contribution is 0.0914. The average molecular weight is 509 g/mol. The second kappa shape index (κ2) is 13.1. The van der Waals surface area contributed by atoms with Crippen LogP contribution in [-0.2, 0) is 11.2 Å². The van der Waals surface area contributed by atoms with Gasteiger partial charge in [-0.3, -0.25) is 4.99 Å². The number of aliphatic imine (C=N–C) groups is 1. The normalized spacial score (nSPS) is 14.7. The maximum Gasteiger partial charge on any atom is 0.409 e. The Kier molecular flexibility index (Phi) is 11.7. The Hall–Kier alpha value is -1.10. The first-order valence-electron chi connectivity index (χ1n) is 9.50. The topological polar surface area (TPSA) is 70.1 Å². The highest BCUT2D eigenvalue weighted by atomic mass is 127. The number of unbranched alkanes of at least 4 members (excludes halogenated alkanes) is 1. The van der Waals surface area contributed by atoms with E-state index >= 15 is 0 Å². The summed E-state index contributed by atoms with van der Waals surface area (Å²) in [4.78, 5) is 25.0. The Morgan fingerprint density at radius 2 is 1.96 bits per heavy atom. The lowest BCUT2D eigenvalue weighted by Gasteiger charge is -2.35. The van der Waals surface area contributed by atoms with Gasteiger partial charge in [0.05, 0.1) is 11.6 Å². The zero-order valence-electron chi connectivity index (χ0n) is 16.6. The van der Waals surface area contributed by atoms with E-state index in [0.717, 1.165) is 57.1 Å². The van der Waals surface area contributed by atoms with Gasteiger partial charge in [-0.2, -0.15) is 0 Å². The zero-order valence-corrected chi connectivity index (χ0v) is 19.7. The molecule has 7 nitrogen and oxygen atoms in total. The number of aryl methyl sites for hydroxylation is 2. The molecule has 0 unspecified atom stereocenters. The number of thiazole rings is 1. The molecule has 0 aromatic carbocycles. The number of carbonyl (C=O) groups is 1. The number of nitrogens with zero attached hydrogens (tertiary/aromatic N) is 4. The van der Waals surface area contributed by atoms with E-state index in [1.54, 1.807) is 16.2 Å². The smallest absolute Gasteiger partial charge is 0.409 e. The lowest BCUT2D eigenvalue weighted by atomic mass is 10.2. The molecule has 0 spiro atoms. The van der Waals surface area contributed by atoms with Gasteiger partial charge in [-0.05, 0) is 40.0 Å². The number of ether oxygens (including phenoxy) is 1. The van der Waals surface area contributed by atoms with Crippen molar-refractivity contribution in [1.29, 1.82) is 0 Å². The van der Waals surface area contributed by atoms with Gasteiger partial charge in [0.2, 0.25) is 0 Å². The third-order valence-corrected chi connectivity index (χ3v) is 5.19. The number of halogens is 1. The van der Waals surface area contributed by atoms with Crippen LogP contribution in [0.15, 0.2) is 10.4 Å². The van der Waals surface area contributed by atoms with Gasteiger partial charge in [0.25, 0.3) is 0 Å². The Morgan fingerprint density at radius 3 is 2.56 bits per heavy atom. The minimum Gasteiger partial charge on any atom is -0.450 e. The first-order chi connectivity index (χ1) is 12.6. The monoisotopic (exact) mass is 509 g/mol. The molecule has 27 heavy (non-hydrogen) atoms. The molecule has 2 rings (SSSR count). The Bertz CT molecular complexity index is 588. The number of hydrogen-bond donors (Lipinski definition) is 1. The van der Waals surface area contributed by atoms with Gasteiger partial charge in [-0.15, -0.1) is 35.3 Å². The van der Waals surface area contributed by atoms with Crippen molar-refractivity contribution < 1.29 is 9.53 Å². The number of aromatic nitrogens is 1. The zero-order chi connectivity index (χ0) is 18.8. The number of carbonyl (C=O) groups excluding carboxylic acids is 1. The van der Waals surface area contributed by atoms with Crippen LogP contribution in [0, 0.1) is 6.92 Å². The van der Waals surface area contributed by atoms with Gasteiger partial charge >= 0.3 is 6.09 Å². The summed E-state index contributed by atoms with van der Waals surface area (Å²) in [7, 11) is 0. The highest BCUT2D eigenvalue weighted by Crippen LogP contribution is 2.12. The minimum absolute atomic E-state index is 0. The number of rotatable bonds is 7. The second-order valence-corrected chi connectivity index (χ2v) is 7.19. The predicted molar refractivity (Wildman–Crippen MR) is 121 cm³/mol. The summed E-state index contributed by atoms with van der Waals surface area (Å²) < 4.78 is 5.07. The first kappa shape index (κ1) is 23.9. The Balaban J connectivity index is 0.00000364. The van der Waals surface area contributed by atoms with Crippen molar-refractivity contribution in [2.45, 2.75) is 40.0 Å². The summed E-state index contributed by atoms with van der Waals surface area (Å²) in [5, 5.41) is 6.68. The quantitative estimate of drug-likeness (QED) is 0.265. The highest BCUT2D eigenvalue weighted by Gasteiger charge is 2.23. The summed E-state index contributed by atoms with van der Waals surface area (Å²) in [5.41, 5.74) is 1.11.